The van der Waals surface area contributed by atoms with E-state index in [0.29, 0.717) is 13.0 Å². The molecule has 0 bridgehead atoms. The Bertz CT molecular complexity index is 563. The Morgan fingerprint density at radius 1 is 1.30 bits per heavy atom. The van der Waals surface area contributed by atoms with Crippen molar-refractivity contribution in [3.8, 4) is 0 Å². The molecular weight excluding hydrogens is 288 g/mol. The molecule has 2 N–H and O–H groups in total. The molecule has 5 nitrogen and oxygen atoms in total. The van der Waals surface area contributed by atoms with Crippen LogP contribution < -0.4 is 15.5 Å². The summed E-state index contributed by atoms with van der Waals surface area (Å²) in [4.78, 5) is 17.8. The quantitative estimate of drug-likeness (QED) is 0.367. The average molecular weight is 314 g/mol. The van der Waals surface area contributed by atoms with E-state index in [1.807, 2.05) is 30.0 Å². The maximum Gasteiger partial charge on any atom is 0.227 e. The number of hydrogen-bond acceptors (Lipinski definition) is 2. The monoisotopic (exact) mass is 314 g/mol. The van der Waals surface area contributed by atoms with Crippen LogP contribution in [-0.2, 0) is 11.3 Å². The van der Waals surface area contributed by atoms with E-state index in [0.717, 1.165) is 43.1 Å². The molecule has 2 rings (SSSR count). The van der Waals surface area contributed by atoms with Crippen LogP contribution in [0.25, 0.3) is 0 Å². The minimum absolute atomic E-state index is 0.224. The van der Waals surface area contributed by atoms with Gasteiger partial charge in [0.2, 0.25) is 5.91 Å². The Balaban J connectivity index is 1.82. The third-order valence-corrected chi connectivity index (χ3v) is 3.84. The van der Waals surface area contributed by atoms with Crippen molar-refractivity contribution >= 4 is 17.6 Å². The Morgan fingerprint density at radius 2 is 2.09 bits per heavy atom. The molecule has 1 aromatic rings. The van der Waals surface area contributed by atoms with E-state index in [-0.39, 0.29) is 5.91 Å². The Hall–Kier alpha value is -2.30. The molecule has 124 valence electrons. The number of guanidine groups is 1. The number of hydrogen-bond donors (Lipinski definition) is 2. The molecule has 0 unspecified atom stereocenters. The van der Waals surface area contributed by atoms with Gasteiger partial charge in [-0.15, -0.1) is 0 Å². The number of carbonyl (C=O) groups is 1. The number of allylic oxidation sites excluding steroid dienone is 1. The maximum absolute atomic E-state index is 11.7. The summed E-state index contributed by atoms with van der Waals surface area (Å²) in [5, 5.41) is 6.57. The van der Waals surface area contributed by atoms with Gasteiger partial charge in [0.25, 0.3) is 0 Å². The zero-order chi connectivity index (χ0) is 16.5. The van der Waals surface area contributed by atoms with E-state index >= 15 is 0 Å². The van der Waals surface area contributed by atoms with Gasteiger partial charge in [0, 0.05) is 38.8 Å². The summed E-state index contributed by atoms with van der Waals surface area (Å²) >= 11 is 0. The number of rotatable bonds is 6. The summed E-state index contributed by atoms with van der Waals surface area (Å²) in [6.45, 7) is 4.42. The molecule has 23 heavy (non-hydrogen) atoms. The van der Waals surface area contributed by atoms with Gasteiger partial charge in [0.1, 0.15) is 0 Å². The summed E-state index contributed by atoms with van der Waals surface area (Å²) < 4.78 is 0. The van der Waals surface area contributed by atoms with Crippen LogP contribution in [0.3, 0.4) is 0 Å². The van der Waals surface area contributed by atoms with Crippen molar-refractivity contribution in [1.29, 1.82) is 0 Å². The molecule has 0 saturated carbocycles. The number of aliphatic imine (C=N–C) groups is 1. The molecule has 5 heteroatoms. The predicted molar refractivity (Wildman–Crippen MR) is 95.7 cm³/mol. The van der Waals surface area contributed by atoms with Crippen molar-refractivity contribution < 1.29 is 4.79 Å². The molecule has 1 aliphatic heterocycles. The van der Waals surface area contributed by atoms with Gasteiger partial charge >= 0.3 is 0 Å². The number of amides is 1. The average Bonchev–Trinajstić information content (AvgIpc) is 3.01. The molecule has 0 spiro atoms. The zero-order valence-electron chi connectivity index (χ0n) is 14.0. The van der Waals surface area contributed by atoms with Crippen molar-refractivity contribution in [3.63, 3.8) is 0 Å². The van der Waals surface area contributed by atoms with Crippen LogP contribution in [0.5, 0.6) is 0 Å². The number of anilines is 1. The molecule has 1 aromatic carbocycles. The molecule has 0 aromatic heterocycles. The Kier molecular flexibility index (Phi) is 6.66. The van der Waals surface area contributed by atoms with E-state index in [4.69, 9.17) is 0 Å². The lowest BCUT2D eigenvalue weighted by molar-refractivity contribution is -0.117. The van der Waals surface area contributed by atoms with E-state index in [9.17, 15) is 4.79 Å². The van der Waals surface area contributed by atoms with E-state index < -0.39 is 0 Å². The van der Waals surface area contributed by atoms with Crippen LogP contribution in [0.1, 0.15) is 31.7 Å². The fraction of sp³-hybridized carbons (Fsp3) is 0.444. The second-order valence-electron chi connectivity index (χ2n) is 5.53. The van der Waals surface area contributed by atoms with Crippen LogP contribution in [-0.4, -0.2) is 32.0 Å². The van der Waals surface area contributed by atoms with Crippen LogP contribution >= 0.6 is 0 Å². The van der Waals surface area contributed by atoms with Crippen LogP contribution in [0.15, 0.2) is 41.4 Å². The maximum atomic E-state index is 11.7. The normalized spacial score (nSPS) is 15.5. The van der Waals surface area contributed by atoms with Gasteiger partial charge in [-0.1, -0.05) is 24.3 Å². The highest BCUT2D eigenvalue weighted by atomic mass is 16.2. The first kappa shape index (κ1) is 17.1. The van der Waals surface area contributed by atoms with Gasteiger partial charge in [-0.3, -0.25) is 9.79 Å². The molecule has 1 saturated heterocycles. The van der Waals surface area contributed by atoms with Crippen molar-refractivity contribution in [1.82, 2.24) is 10.6 Å². The largest absolute Gasteiger partial charge is 0.356 e. The van der Waals surface area contributed by atoms with Crippen LogP contribution in [0.4, 0.5) is 5.69 Å². The lowest BCUT2D eigenvalue weighted by Crippen LogP contribution is -2.37. The minimum Gasteiger partial charge on any atom is -0.356 e. The van der Waals surface area contributed by atoms with E-state index in [1.165, 1.54) is 0 Å². The molecular formula is C18H26N4O. The third kappa shape index (κ3) is 5.13. The van der Waals surface area contributed by atoms with Gasteiger partial charge < -0.3 is 15.5 Å². The second kappa shape index (κ2) is 8.98. The summed E-state index contributed by atoms with van der Waals surface area (Å²) in [5.41, 5.74) is 2.15. The van der Waals surface area contributed by atoms with Crippen LogP contribution in [0.2, 0.25) is 0 Å². The SMILES string of the molecule is CC=CCCNC(=NC)NCc1ccc(N2CCCC2=O)cc1. The fourth-order valence-corrected chi connectivity index (χ4v) is 2.56. The van der Waals surface area contributed by atoms with E-state index in [2.05, 4.69) is 33.8 Å². The minimum atomic E-state index is 0.224. The summed E-state index contributed by atoms with van der Waals surface area (Å²) in [6, 6.07) is 8.15. The smallest absolute Gasteiger partial charge is 0.227 e. The van der Waals surface area contributed by atoms with Gasteiger partial charge in [-0.05, 0) is 37.5 Å². The van der Waals surface area contributed by atoms with Crippen molar-refractivity contribution in [2.45, 2.75) is 32.7 Å². The third-order valence-electron chi connectivity index (χ3n) is 3.84. The van der Waals surface area contributed by atoms with E-state index in [1.54, 1.807) is 7.05 Å². The first-order valence-corrected chi connectivity index (χ1v) is 8.19. The fourth-order valence-electron chi connectivity index (χ4n) is 2.56. The highest BCUT2D eigenvalue weighted by Gasteiger charge is 2.21. The Morgan fingerprint density at radius 3 is 2.70 bits per heavy atom. The number of benzene rings is 1. The number of nitrogens with zero attached hydrogens (tertiary/aromatic N) is 2. The van der Waals surface area contributed by atoms with Gasteiger partial charge in [-0.25, -0.2) is 0 Å². The predicted octanol–water partition coefficient (Wildman–Crippen LogP) is 2.44. The van der Waals surface area contributed by atoms with Crippen molar-refractivity contribution in [2.75, 3.05) is 25.0 Å². The highest BCUT2D eigenvalue weighted by molar-refractivity contribution is 5.95. The summed E-state index contributed by atoms with van der Waals surface area (Å²) in [5.74, 6) is 1.02. The molecule has 0 atom stereocenters. The van der Waals surface area contributed by atoms with Gasteiger partial charge in [-0.2, -0.15) is 0 Å². The number of nitrogens with one attached hydrogen (secondary N) is 2. The highest BCUT2D eigenvalue weighted by Crippen LogP contribution is 2.21. The molecule has 1 heterocycles. The topological polar surface area (TPSA) is 56.7 Å². The first-order valence-electron chi connectivity index (χ1n) is 8.19. The molecule has 0 aliphatic carbocycles. The van der Waals surface area contributed by atoms with Gasteiger partial charge in [0.05, 0.1) is 0 Å². The summed E-state index contributed by atoms with van der Waals surface area (Å²) in [6.07, 6.45) is 6.77. The zero-order valence-corrected chi connectivity index (χ0v) is 14.0. The second-order valence-corrected chi connectivity index (χ2v) is 5.53. The van der Waals surface area contributed by atoms with Gasteiger partial charge in [0.15, 0.2) is 5.96 Å². The summed E-state index contributed by atoms with van der Waals surface area (Å²) in [7, 11) is 1.77. The molecule has 1 fully saturated rings. The lowest BCUT2D eigenvalue weighted by atomic mass is 10.2. The Labute approximate surface area is 138 Å². The molecule has 0 radical (unpaired) electrons. The van der Waals surface area contributed by atoms with Crippen molar-refractivity contribution in [3.05, 3.63) is 42.0 Å². The lowest BCUT2D eigenvalue weighted by Gasteiger charge is -2.16. The standard InChI is InChI=1S/C18H26N4O/c1-3-4-5-12-20-18(19-2)21-14-15-8-10-16(11-9-15)22-13-6-7-17(22)23/h3-4,8-11H,5-7,12-14H2,1-2H3,(H2,19,20,21). The molecule has 1 aliphatic rings. The molecule has 1 amide bonds. The van der Waals surface area contributed by atoms with Crippen molar-refractivity contribution in [2.24, 2.45) is 4.99 Å². The van der Waals surface area contributed by atoms with Crippen LogP contribution in [0, 0.1) is 0 Å². The number of carbonyl (C=O) groups excluding carboxylic acids is 1. The first-order chi connectivity index (χ1) is 11.2.